The van der Waals surface area contributed by atoms with Crippen LogP contribution in [0.4, 0.5) is 5.69 Å². The molecule has 0 aliphatic carbocycles. The van der Waals surface area contributed by atoms with Gasteiger partial charge < -0.3 is 16.0 Å². The molecule has 0 spiro atoms. The Hall–Kier alpha value is -2.67. The van der Waals surface area contributed by atoms with Gasteiger partial charge in [0, 0.05) is 19.1 Å². The van der Waals surface area contributed by atoms with E-state index in [1.54, 1.807) is 30.3 Å². The second-order valence-electron chi connectivity index (χ2n) is 6.13. The Labute approximate surface area is 153 Å². The molecule has 0 radical (unpaired) electrons. The van der Waals surface area contributed by atoms with Crippen molar-refractivity contribution in [3.8, 4) is 0 Å². The average Bonchev–Trinajstić information content (AvgIpc) is 3.12. The van der Waals surface area contributed by atoms with Gasteiger partial charge in [-0.05, 0) is 38.1 Å². The van der Waals surface area contributed by atoms with Crippen molar-refractivity contribution < 1.29 is 14.4 Å². The molecule has 140 valence electrons. The maximum atomic E-state index is 12.2. The third kappa shape index (κ3) is 5.16. The molecule has 0 aromatic heterocycles. The van der Waals surface area contributed by atoms with Gasteiger partial charge in [0.1, 0.15) is 0 Å². The van der Waals surface area contributed by atoms with Crippen LogP contribution in [0.2, 0.25) is 0 Å². The van der Waals surface area contributed by atoms with Crippen molar-refractivity contribution in [3.63, 3.8) is 0 Å². The van der Waals surface area contributed by atoms with E-state index in [1.807, 2.05) is 0 Å². The molecule has 1 fully saturated rings. The molecule has 26 heavy (non-hydrogen) atoms. The first-order valence-electron chi connectivity index (χ1n) is 8.88. The Bertz CT molecular complexity index is 675. The number of likely N-dealkylation sites (tertiary alicyclic amines) is 1. The van der Waals surface area contributed by atoms with Crippen LogP contribution in [-0.4, -0.2) is 54.8 Å². The molecule has 2 rings (SSSR count). The van der Waals surface area contributed by atoms with Crippen molar-refractivity contribution in [1.82, 2.24) is 15.5 Å². The fourth-order valence-corrected chi connectivity index (χ4v) is 3.06. The largest absolute Gasteiger partial charge is 0.349 e. The number of nitrogens with zero attached hydrogens (tertiary/aromatic N) is 1. The predicted molar refractivity (Wildman–Crippen MR) is 101 cm³/mol. The summed E-state index contributed by atoms with van der Waals surface area (Å²) in [5, 5.41) is 7.85. The molecule has 1 aromatic rings. The highest BCUT2D eigenvalue weighted by atomic mass is 16.2. The van der Waals surface area contributed by atoms with E-state index >= 15 is 0 Å². The van der Waals surface area contributed by atoms with Gasteiger partial charge in [-0.15, -0.1) is 6.58 Å². The van der Waals surface area contributed by atoms with E-state index in [9.17, 15) is 14.4 Å². The first kappa shape index (κ1) is 19.7. The molecule has 1 aliphatic heterocycles. The molecule has 7 heteroatoms. The van der Waals surface area contributed by atoms with Crippen LogP contribution in [0.25, 0.3) is 0 Å². The maximum Gasteiger partial charge on any atom is 0.313 e. The number of anilines is 1. The molecule has 3 N–H and O–H groups in total. The predicted octanol–water partition coefficient (Wildman–Crippen LogP) is 1.14. The molecule has 1 aromatic carbocycles. The van der Waals surface area contributed by atoms with Gasteiger partial charge in [-0.1, -0.05) is 25.1 Å². The van der Waals surface area contributed by atoms with Crippen molar-refractivity contribution in [1.29, 1.82) is 0 Å². The third-order valence-electron chi connectivity index (χ3n) is 4.44. The van der Waals surface area contributed by atoms with E-state index in [-0.39, 0.29) is 11.9 Å². The second kappa shape index (κ2) is 9.72. The fraction of sp³-hybridized carbons (Fsp3) is 0.421. The standard InChI is InChI=1S/C19H26N4O3/c1-3-11-20-17(24)15-9-5-6-10-16(15)22-19(26)18(25)21-13-14-8-7-12-23(14)4-2/h3,5-6,9-10,14H,1,4,7-8,11-13H2,2H3,(H,20,24)(H,21,25)(H,22,26)/t14-/m1/s1. The van der Waals surface area contributed by atoms with Crippen LogP contribution in [0.5, 0.6) is 0 Å². The summed E-state index contributed by atoms with van der Waals surface area (Å²) in [6.45, 7) is 8.35. The normalized spacial score (nSPS) is 16.7. The van der Waals surface area contributed by atoms with Crippen LogP contribution in [0.15, 0.2) is 36.9 Å². The molecule has 7 nitrogen and oxygen atoms in total. The Morgan fingerprint density at radius 1 is 1.23 bits per heavy atom. The van der Waals surface area contributed by atoms with Crippen molar-refractivity contribution >= 4 is 23.4 Å². The number of hydrogen-bond acceptors (Lipinski definition) is 4. The molecular weight excluding hydrogens is 332 g/mol. The number of para-hydroxylation sites is 1. The minimum absolute atomic E-state index is 0.272. The monoisotopic (exact) mass is 358 g/mol. The average molecular weight is 358 g/mol. The van der Waals surface area contributed by atoms with Crippen LogP contribution in [0, 0.1) is 0 Å². The maximum absolute atomic E-state index is 12.2. The highest BCUT2D eigenvalue weighted by Crippen LogP contribution is 2.16. The molecule has 1 heterocycles. The Morgan fingerprint density at radius 2 is 2.00 bits per heavy atom. The molecule has 0 unspecified atom stereocenters. The number of rotatable bonds is 7. The molecule has 1 saturated heterocycles. The smallest absolute Gasteiger partial charge is 0.313 e. The molecule has 0 bridgehead atoms. The SMILES string of the molecule is C=CCNC(=O)c1ccccc1NC(=O)C(=O)NC[C@H]1CCCN1CC. The summed E-state index contributed by atoms with van der Waals surface area (Å²) in [5.74, 6) is -1.82. The number of amides is 3. The summed E-state index contributed by atoms with van der Waals surface area (Å²) in [6.07, 6.45) is 3.69. The zero-order chi connectivity index (χ0) is 18.9. The van der Waals surface area contributed by atoms with Gasteiger partial charge in [0.2, 0.25) is 0 Å². The topological polar surface area (TPSA) is 90.5 Å². The zero-order valence-corrected chi connectivity index (χ0v) is 15.1. The quantitative estimate of drug-likeness (QED) is 0.504. The summed E-state index contributed by atoms with van der Waals surface area (Å²) < 4.78 is 0. The third-order valence-corrected chi connectivity index (χ3v) is 4.44. The summed E-state index contributed by atoms with van der Waals surface area (Å²) >= 11 is 0. The van der Waals surface area contributed by atoms with Crippen molar-refractivity contribution in [3.05, 3.63) is 42.5 Å². The summed E-state index contributed by atoms with van der Waals surface area (Å²) in [5.41, 5.74) is 0.591. The van der Waals surface area contributed by atoms with E-state index < -0.39 is 11.8 Å². The summed E-state index contributed by atoms with van der Waals surface area (Å²) in [6, 6.07) is 6.83. The van der Waals surface area contributed by atoms with E-state index in [2.05, 4.69) is 34.4 Å². The van der Waals surface area contributed by atoms with Crippen molar-refractivity contribution in [2.45, 2.75) is 25.8 Å². The van der Waals surface area contributed by atoms with E-state index in [1.165, 1.54) is 0 Å². The first-order chi connectivity index (χ1) is 12.6. The number of carbonyl (C=O) groups is 3. The molecule has 1 atom stereocenters. The van der Waals surface area contributed by atoms with Gasteiger partial charge in [-0.3, -0.25) is 19.3 Å². The lowest BCUT2D eigenvalue weighted by molar-refractivity contribution is -0.136. The number of benzene rings is 1. The fourth-order valence-electron chi connectivity index (χ4n) is 3.06. The van der Waals surface area contributed by atoms with Crippen molar-refractivity contribution in [2.24, 2.45) is 0 Å². The number of hydrogen-bond donors (Lipinski definition) is 3. The minimum atomic E-state index is -0.782. The highest BCUT2D eigenvalue weighted by Gasteiger charge is 2.24. The summed E-state index contributed by atoms with van der Waals surface area (Å²) in [4.78, 5) is 38.7. The van der Waals surface area contributed by atoms with E-state index in [0.29, 0.717) is 24.3 Å². The second-order valence-corrected chi connectivity index (χ2v) is 6.13. The molecule has 1 aliphatic rings. The highest BCUT2D eigenvalue weighted by molar-refractivity contribution is 6.40. The minimum Gasteiger partial charge on any atom is -0.349 e. The Morgan fingerprint density at radius 3 is 2.73 bits per heavy atom. The van der Waals surface area contributed by atoms with Crippen molar-refractivity contribution in [2.75, 3.05) is 31.5 Å². The van der Waals surface area contributed by atoms with Crippen LogP contribution in [0.3, 0.4) is 0 Å². The molecule has 0 saturated carbocycles. The van der Waals surface area contributed by atoms with E-state index in [4.69, 9.17) is 0 Å². The summed E-state index contributed by atoms with van der Waals surface area (Å²) in [7, 11) is 0. The molecular formula is C19H26N4O3. The lowest BCUT2D eigenvalue weighted by atomic mass is 10.1. The van der Waals surface area contributed by atoms with Gasteiger partial charge in [0.05, 0.1) is 11.3 Å². The lowest BCUT2D eigenvalue weighted by Gasteiger charge is -2.22. The van der Waals surface area contributed by atoms with Crippen LogP contribution < -0.4 is 16.0 Å². The Kier molecular flexibility index (Phi) is 7.35. The van der Waals surface area contributed by atoms with Crippen LogP contribution in [0.1, 0.15) is 30.1 Å². The van der Waals surface area contributed by atoms with Gasteiger partial charge in [0.15, 0.2) is 0 Å². The van der Waals surface area contributed by atoms with Gasteiger partial charge in [-0.2, -0.15) is 0 Å². The van der Waals surface area contributed by atoms with Gasteiger partial charge in [0.25, 0.3) is 5.91 Å². The van der Waals surface area contributed by atoms with E-state index in [0.717, 1.165) is 25.9 Å². The zero-order valence-electron chi connectivity index (χ0n) is 15.1. The Balaban J connectivity index is 1.93. The number of likely N-dealkylation sites (N-methyl/N-ethyl adjacent to an activating group) is 1. The van der Waals surface area contributed by atoms with Crippen LogP contribution >= 0.6 is 0 Å². The van der Waals surface area contributed by atoms with Crippen LogP contribution in [-0.2, 0) is 9.59 Å². The number of nitrogens with one attached hydrogen (secondary N) is 3. The number of carbonyl (C=O) groups excluding carboxylic acids is 3. The van der Waals surface area contributed by atoms with Gasteiger partial charge >= 0.3 is 11.8 Å². The van der Waals surface area contributed by atoms with Gasteiger partial charge in [-0.25, -0.2) is 0 Å². The first-order valence-corrected chi connectivity index (χ1v) is 8.88. The molecule has 3 amide bonds. The lowest BCUT2D eigenvalue weighted by Crippen LogP contribution is -2.43.